The molecule has 0 aliphatic carbocycles. The van der Waals surface area contributed by atoms with E-state index in [1.807, 2.05) is 12.1 Å². The average molecular weight is 291 g/mol. The molecule has 0 saturated carbocycles. The van der Waals surface area contributed by atoms with E-state index in [2.05, 4.69) is 9.97 Å². The number of thioether (sulfide) groups is 1. The van der Waals surface area contributed by atoms with E-state index in [-0.39, 0.29) is 30.1 Å². The van der Waals surface area contributed by atoms with Crippen molar-refractivity contribution in [2.45, 2.75) is 18.0 Å². The van der Waals surface area contributed by atoms with Gasteiger partial charge in [0.25, 0.3) is 5.56 Å². The Labute approximate surface area is 120 Å². The van der Waals surface area contributed by atoms with Gasteiger partial charge < -0.3 is 9.88 Å². The van der Waals surface area contributed by atoms with Crippen LogP contribution in [-0.4, -0.2) is 39.6 Å². The predicted octanol–water partition coefficient (Wildman–Crippen LogP) is 0.518. The van der Waals surface area contributed by atoms with Crippen LogP contribution in [0.4, 0.5) is 0 Å². The lowest BCUT2D eigenvalue weighted by Gasteiger charge is -2.19. The molecule has 8 heteroatoms. The van der Waals surface area contributed by atoms with Gasteiger partial charge in [-0.25, -0.2) is 4.98 Å². The molecule has 0 bridgehead atoms. The number of amides is 1. The lowest BCUT2D eigenvalue weighted by atomic mass is 10.3. The molecule has 1 aromatic heterocycles. The summed E-state index contributed by atoms with van der Waals surface area (Å²) in [5.74, 6) is -0.0870. The van der Waals surface area contributed by atoms with E-state index in [9.17, 15) is 9.59 Å². The zero-order valence-electron chi connectivity index (χ0n) is 10.7. The third-order valence-corrected chi connectivity index (χ3v) is 3.19. The van der Waals surface area contributed by atoms with Gasteiger partial charge in [0.05, 0.1) is 30.7 Å². The van der Waals surface area contributed by atoms with Crippen molar-refractivity contribution in [1.82, 2.24) is 14.9 Å². The van der Waals surface area contributed by atoms with Gasteiger partial charge >= 0.3 is 0 Å². The molecule has 1 N–H and O–H groups in total. The normalized spacial score (nSPS) is 9.50. The van der Waals surface area contributed by atoms with Gasteiger partial charge in [0, 0.05) is 25.4 Å². The summed E-state index contributed by atoms with van der Waals surface area (Å²) in [6.45, 7) is 0.604. The highest BCUT2D eigenvalue weighted by Crippen LogP contribution is 2.11. The second-order valence-electron chi connectivity index (χ2n) is 3.72. The number of carbonyl (C=O) groups is 1. The number of aromatic amines is 1. The Kier molecular flexibility index (Phi) is 6.87. The van der Waals surface area contributed by atoms with Crippen LogP contribution >= 0.6 is 11.8 Å². The van der Waals surface area contributed by atoms with Crippen LogP contribution < -0.4 is 5.56 Å². The molecule has 1 aromatic rings. The molecule has 104 valence electrons. The predicted molar refractivity (Wildman–Crippen MR) is 72.6 cm³/mol. The molecule has 0 radical (unpaired) electrons. The molecule has 7 nitrogen and oxygen atoms in total. The maximum Gasteiger partial charge on any atom is 0.251 e. The van der Waals surface area contributed by atoms with Gasteiger partial charge in [-0.2, -0.15) is 10.5 Å². The fraction of sp³-hybridized carbons (Fsp3) is 0.417. The molecule has 1 heterocycles. The molecule has 0 aromatic carbocycles. The summed E-state index contributed by atoms with van der Waals surface area (Å²) in [7, 11) is 0. The SMILES string of the molecule is N#CCCN(CCC#N)C(=O)CSc1nccc(=O)[nH]1. The van der Waals surface area contributed by atoms with Crippen LogP contribution in [0.25, 0.3) is 0 Å². The summed E-state index contributed by atoms with van der Waals surface area (Å²) >= 11 is 1.11. The minimum Gasteiger partial charge on any atom is -0.340 e. The number of aromatic nitrogens is 2. The van der Waals surface area contributed by atoms with E-state index < -0.39 is 0 Å². The highest BCUT2D eigenvalue weighted by Gasteiger charge is 2.13. The van der Waals surface area contributed by atoms with Crippen LogP contribution in [0.1, 0.15) is 12.8 Å². The minimum absolute atomic E-state index is 0.101. The Morgan fingerprint density at radius 2 is 2.00 bits per heavy atom. The third kappa shape index (κ3) is 5.55. The summed E-state index contributed by atoms with van der Waals surface area (Å²) in [6.07, 6.45) is 1.82. The maximum absolute atomic E-state index is 12.0. The van der Waals surface area contributed by atoms with Crippen LogP contribution in [0, 0.1) is 22.7 Å². The van der Waals surface area contributed by atoms with Gasteiger partial charge in [-0.05, 0) is 0 Å². The smallest absolute Gasteiger partial charge is 0.251 e. The first-order valence-electron chi connectivity index (χ1n) is 5.87. The van der Waals surface area contributed by atoms with Crippen molar-refractivity contribution in [1.29, 1.82) is 10.5 Å². The van der Waals surface area contributed by atoms with Crippen molar-refractivity contribution >= 4 is 17.7 Å². The molecule has 20 heavy (non-hydrogen) atoms. The van der Waals surface area contributed by atoms with Crippen molar-refractivity contribution in [3.63, 3.8) is 0 Å². The third-order valence-electron chi connectivity index (χ3n) is 2.32. The number of rotatable bonds is 7. The summed E-state index contributed by atoms with van der Waals surface area (Å²) in [4.78, 5) is 31.0. The first-order valence-corrected chi connectivity index (χ1v) is 6.85. The van der Waals surface area contributed by atoms with Gasteiger partial charge in [-0.1, -0.05) is 11.8 Å². The van der Waals surface area contributed by atoms with Gasteiger partial charge in [-0.3, -0.25) is 9.59 Å². The number of carbonyl (C=O) groups excluding carboxylic acids is 1. The van der Waals surface area contributed by atoms with Crippen LogP contribution in [0.15, 0.2) is 22.2 Å². The van der Waals surface area contributed by atoms with Crippen LogP contribution in [0.5, 0.6) is 0 Å². The van der Waals surface area contributed by atoms with Crippen LogP contribution in [0.3, 0.4) is 0 Å². The van der Waals surface area contributed by atoms with Crippen molar-refractivity contribution in [2.24, 2.45) is 0 Å². The molecule has 0 aliphatic rings. The van der Waals surface area contributed by atoms with Crippen molar-refractivity contribution < 1.29 is 4.79 Å². The van der Waals surface area contributed by atoms with Crippen molar-refractivity contribution in [3.05, 3.63) is 22.6 Å². The monoisotopic (exact) mass is 291 g/mol. The number of H-pyrrole nitrogens is 1. The second kappa shape index (κ2) is 8.73. The quantitative estimate of drug-likeness (QED) is 0.578. The van der Waals surface area contributed by atoms with Gasteiger partial charge in [0.15, 0.2) is 5.16 Å². The Balaban J connectivity index is 2.55. The van der Waals surface area contributed by atoms with Crippen LogP contribution in [0.2, 0.25) is 0 Å². The summed E-state index contributed by atoms with van der Waals surface area (Å²) in [6, 6.07) is 5.22. The Morgan fingerprint density at radius 1 is 1.35 bits per heavy atom. The molecular formula is C12H13N5O2S. The van der Waals surface area contributed by atoms with E-state index in [0.29, 0.717) is 18.2 Å². The van der Waals surface area contributed by atoms with E-state index in [1.165, 1.54) is 17.2 Å². The fourth-order valence-electron chi connectivity index (χ4n) is 1.38. The molecule has 0 atom stereocenters. The van der Waals surface area contributed by atoms with Crippen LogP contribution in [-0.2, 0) is 4.79 Å². The first kappa shape index (κ1) is 15.7. The average Bonchev–Trinajstić information content (AvgIpc) is 2.45. The molecule has 0 aliphatic heterocycles. The maximum atomic E-state index is 12.0. The highest BCUT2D eigenvalue weighted by molar-refractivity contribution is 7.99. The molecule has 1 amide bonds. The van der Waals surface area contributed by atoms with Crippen molar-refractivity contribution in [3.8, 4) is 12.1 Å². The van der Waals surface area contributed by atoms with E-state index in [0.717, 1.165) is 11.8 Å². The van der Waals surface area contributed by atoms with Crippen molar-refractivity contribution in [2.75, 3.05) is 18.8 Å². The number of nitrogens with one attached hydrogen (secondary N) is 1. The zero-order chi connectivity index (χ0) is 14.8. The minimum atomic E-state index is -0.277. The Hall–Kier alpha value is -2.32. The van der Waals surface area contributed by atoms with Gasteiger partial charge in [0.2, 0.25) is 5.91 Å². The summed E-state index contributed by atoms with van der Waals surface area (Å²) in [5, 5.41) is 17.5. The molecule has 0 saturated heterocycles. The second-order valence-corrected chi connectivity index (χ2v) is 4.69. The molecule has 0 fully saturated rings. The van der Waals surface area contributed by atoms with Gasteiger partial charge in [0.1, 0.15) is 0 Å². The number of nitriles is 2. The molecular weight excluding hydrogens is 278 g/mol. The fourth-order valence-corrected chi connectivity index (χ4v) is 2.13. The zero-order valence-corrected chi connectivity index (χ0v) is 11.5. The van der Waals surface area contributed by atoms with E-state index in [4.69, 9.17) is 10.5 Å². The Bertz CT molecular complexity index is 568. The summed E-state index contributed by atoms with van der Waals surface area (Å²) < 4.78 is 0. The number of nitrogens with zero attached hydrogens (tertiary/aromatic N) is 4. The number of hydrogen-bond donors (Lipinski definition) is 1. The Morgan fingerprint density at radius 3 is 2.55 bits per heavy atom. The van der Waals surface area contributed by atoms with E-state index in [1.54, 1.807) is 0 Å². The summed E-state index contributed by atoms with van der Waals surface area (Å²) in [5.41, 5.74) is -0.277. The highest BCUT2D eigenvalue weighted by atomic mass is 32.2. The lowest BCUT2D eigenvalue weighted by molar-refractivity contribution is -0.128. The lowest BCUT2D eigenvalue weighted by Crippen LogP contribution is -2.34. The largest absolute Gasteiger partial charge is 0.340 e. The van der Waals surface area contributed by atoms with E-state index >= 15 is 0 Å². The first-order chi connectivity index (χ1) is 9.67. The molecule has 1 rings (SSSR count). The molecule has 0 spiro atoms. The topological polar surface area (TPSA) is 114 Å². The number of hydrogen-bond acceptors (Lipinski definition) is 6. The standard InChI is InChI=1S/C12H13N5O2S/c13-4-1-7-17(8-2-5-14)11(19)9-20-12-15-6-3-10(18)16-12/h3,6H,1-2,7-9H2,(H,15,16,18). The van der Waals surface area contributed by atoms with Gasteiger partial charge in [-0.15, -0.1) is 0 Å². The molecule has 0 unspecified atom stereocenters.